The number of guanidine groups is 1. The van der Waals surface area contributed by atoms with Crippen LogP contribution in [-0.2, 0) is 0 Å². The lowest BCUT2D eigenvalue weighted by Crippen LogP contribution is -2.24. The lowest BCUT2D eigenvalue weighted by Gasteiger charge is -1.93. The fourth-order valence-corrected chi connectivity index (χ4v) is 0.676. The molecule has 0 aromatic carbocycles. The van der Waals surface area contributed by atoms with Crippen LogP contribution in [0.1, 0.15) is 10.4 Å². The fourth-order valence-electron chi connectivity index (χ4n) is 0.676. The molecule has 0 spiro atoms. The van der Waals surface area contributed by atoms with E-state index < -0.39 is 5.91 Å². The standard InChI is InChI=1S/C7H8N4O/c8-7(9)11-6(12)5-1-3-10-4-2-5/h1-4H,(H4,8,9,11,12). The molecule has 0 aliphatic carbocycles. The Morgan fingerprint density at radius 3 is 2.42 bits per heavy atom. The van der Waals surface area contributed by atoms with E-state index in [9.17, 15) is 4.79 Å². The molecule has 5 heteroatoms. The predicted octanol–water partition coefficient (Wildman–Crippen LogP) is -0.505. The highest BCUT2D eigenvalue weighted by atomic mass is 16.1. The van der Waals surface area contributed by atoms with Gasteiger partial charge in [-0.1, -0.05) is 0 Å². The van der Waals surface area contributed by atoms with Gasteiger partial charge in [-0.05, 0) is 12.1 Å². The predicted molar refractivity (Wildman–Crippen MR) is 44.4 cm³/mol. The Morgan fingerprint density at radius 2 is 1.92 bits per heavy atom. The van der Waals surface area contributed by atoms with Crippen molar-refractivity contribution < 1.29 is 4.79 Å². The molecule has 0 aliphatic rings. The van der Waals surface area contributed by atoms with Crippen LogP contribution in [0.25, 0.3) is 0 Å². The molecule has 1 aromatic heterocycles. The van der Waals surface area contributed by atoms with E-state index in [4.69, 9.17) is 11.5 Å². The first kappa shape index (κ1) is 8.19. The molecular weight excluding hydrogens is 156 g/mol. The average Bonchev–Trinajstić information content (AvgIpc) is 2.05. The maximum Gasteiger partial charge on any atom is 0.280 e. The average molecular weight is 164 g/mol. The molecule has 0 saturated carbocycles. The zero-order valence-corrected chi connectivity index (χ0v) is 6.27. The summed E-state index contributed by atoms with van der Waals surface area (Å²) >= 11 is 0. The van der Waals surface area contributed by atoms with Gasteiger partial charge in [-0.2, -0.15) is 4.99 Å². The molecule has 0 unspecified atom stereocenters. The number of hydrogen-bond donors (Lipinski definition) is 2. The molecule has 5 nitrogen and oxygen atoms in total. The molecule has 0 bridgehead atoms. The molecule has 0 fully saturated rings. The van der Waals surface area contributed by atoms with Crippen molar-refractivity contribution in [1.29, 1.82) is 0 Å². The van der Waals surface area contributed by atoms with Crippen LogP contribution < -0.4 is 11.5 Å². The van der Waals surface area contributed by atoms with Gasteiger partial charge in [0.1, 0.15) is 0 Å². The Kier molecular flexibility index (Phi) is 2.37. The van der Waals surface area contributed by atoms with Crippen LogP contribution in [-0.4, -0.2) is 16.9 Å². The van der Waals surface area contributed by atoms with Crippen LogP contribution >= 0.6 is 0 Å². The van der Waals surface area contributed by atoms with Gasteiger partial charge in [0, 0.05) is 18.0 Å². The number of aromatic nitrogens is 1. The van der Waals surface area contributed by atoms with Gasteiger partial charge in [0.15, 0.2) is 5.96 Å². The summed E-state index contributed by atoms with van der Waals surface area (Å²) in [4.78, 5) is 18.2. The third-order valence-corrected chi connectivity index (χ3v) is 1.16. The summed E-state index contributed by atoms with van der Waals surface area (Å²) in [5, 5.41) is 0. The van der Waals surface area contributed by atoms with Gasteiger partial charge >= 0.3 is 0 Å². The van der Waals surface area contributed by atoms with Crippen molar-refractivity contribution in [1.82, 2.24) is 4.98 Å². The number of rotatable bonds is 1. The smallest absolute Gasteiger partial charge is 0.280 e. The number of pyridine rings is 1. The van der Waals surface area contributed by atoms with Gasteiger partial charge in [0.25, 0.3) is 5.91 Å². The molecule has 1 heterocycles. The summed E-state index contributed by atoms with van der Waals surface area (Å²) in [6, 6.07) is 3.07. The van der Waals surface area contributed by atoms with E-state index >= 15 is 0 Å². The maximum absolute atomic E-state index is 11.1. The minimum atomic E-state index is -0.461. The molecule has 12 heavy (non-hydrogen) atoms. The lowest BCUT2D eigenvalue weighted by molar-refractivity contribution is 0.100. The van der Waals surface area contributed by atoms with E-state index in [1.165, 1.54) is 24.5 Å². The number of carbonyl (C=O) groups excluding carboxylic acids is 1. The van der Waals surface area contributed by atoms with Crippen LogP contribution in [0, 0.1) is 0 Å². The van der Waals surface area contributed by atoms with Crippen molar-refractivity contribution in [2.45, 2.75) is 0 Å². The van der Waals surface area contributed by atoms with Gasteiger partial charge in [-0.3, -0.25) is 9.78 Å². The van der Waals surface area contributed by atoms with Gasteiger partial charge < -0.3 is 11.5 Å². The minimum Gasteiger partial charge on any atom is -0.370 e. The number of nitrogens with two attached hydrogens (primary N) is 2. The maximum atomic E-state index is 11.1. The Bertz CT molecular complexity index is 302. The molecule has 62 valence electrons. The van der Waals surface area contributed by atoms with Gasteiger partial charge in [-0.25, -0.2) is 0 Å². The summed E-state index contributed by atoms with van der Waals surface area (Å²) in [5.74, 6) is -0.700. The van der Waals surface area contributed by atoms with Crippen molar-refractivity contribution in [3.63, 3.8) is 0 Å². The Balaban J connectivity index is 2.87. The number of amides is 1. The highest BCUT2D eigenvalue weighted by Crippen LogP contribution is 1.97. The SMILES string of the molecule is NC(N)=NC(=O)c1ccncc1. The van der Waals surface area contributed by atoms with E-state index in [2.05, 4.69) is 9.98 Å². The molecule has 1 rings (SSSR count). The number of nitrogens with zero attached hydrogens (tertiary/aromatic N) is 2. The molecular formula is C7H8N4O. The van der Waals surface area contributed by atoms with Crippen molar-refractivity contribution in [3.8, 4) is 0 Å². The highest BCUT2D eigenvalue weighted by molar-refractivity contribution is 6.01. The zero-order valence-electron chi connectivity index (χ0n) is 6.27. The van der Waals surface area contributed by atoms with E-state index in [1.54, 1.807) is 0 Å². The molecule has 1 amide bonds. The third kappa shape index (κ3) is 2.05. The summed E-state index contributed by atoms with van der Waals surface area (Å²) in [5.41, 5.74) is 10.5. The Labute approximate surface area is 69.1 Å². The first-order chi connectivity index (χ1) is 5.70. The van der Waals surface area contributed by atoms with Gasteiger partial charge in [0.05, 0.1) is 0 Å². The second kappa shape index (κ2) is 3.47. The first-order valence-corrected chi connectivity index (χ1v) is 3.24. The number of carbonyl (C=O) groups is 1. The van der Waals surface area contributed by atoms with Crippen molar-refractivity contribution in [2.24, 2.45) is 16.5 Å². The molecule has 0 radical (unpaired) electrons. The summed E-state index contributed by atoms with van der Waals surface area (Å²) in [7, 11) is 0. The first-order valence-electron chi connectivity index (χ1n) is 3.24. The van der Waals surface area contributed by atoms with Crippen LogP contribution in [0.15, 0.2) is 29.5 Å². The van der Waals surface area contributed by atoms with Crippen molar-refractivity contribution >= 4 is 11.9 Å². The van der Waals surface area contributed by atoms with E-state index in [1.807, 2.05) is 0 Å². The summed E-state index contributed by atoms with van der Waals surface area (Å²) in [6.07, 6.45) is 2.99. The van der Waals surface area contributed by atoms with E-state index in [-0.39, 0.29) is 5.96 Å². The molecule has 0 aliphatic heterocycles. The molecule has 0 saturated heterocycles. The zero-order chi connectivity index (χ0) is 8.97. The Hall–Kier alpha value is -1.91. The minimum absolute atomic E-state index is 0.239. The Morgan fingerprint density at radius 1 is 1.33 bits per heavy atom. The molecule has 1 aromatic rings. The van der Waals surface area contributed by atoms with Crippen LogP contribution in [0.3, 0.4) is 0 Å². The van der Waals surface area contributed by atoms with Crippen molar-refractivity contribution in [3.05, 3.63) is 30.1 Å². The largest absolute Gasteiger partial charge is 0.370 e. The topological polar surface area (TPSA) is 94.4 Å². The second-order valence-electron chi connectivity index (χ2n) is 2.08. The van der Waals surface area contributed by atoms with E-state index in [0.717, 1.165) is 0 Å². The molecule has 4 N–H and O–H groups in total. The second-order valence-corrected chi connectivity index (χ2v) is 2.08. The van der Waals surface area contributed by atoms with Crippen molar-refractivity contribution in [2.75, 3.05) is 0 Å². The van der Waals surface area contributed by atoms with Crippen LogP contribution in [0.4, 0.5) is 0 Å². The molecule has 0 atom stereocenters. The highest BCUT2D eigenvalue weighted by Gasteiger charge is 2.01. The third-order valence-electron chi connectivity index (χ3n) is 1.16. The monoisotopic (exact) mass is 164 g/mol. The van der Waals surface area contributed by atoms with Crippen LogP contribution in [0.2, 0.25) is 0 Å². The lowest BCUT2D eigenvalue weighted by atomic mass is 10.3. The van der Waals surface area contributed by atoms with Crippen LogP contribution in [0.5, 0.6) is 0 Å². The number of aliphatic imine (C=N–C) groups is 1. The van der Waals surface area contributed by atoms with Gasteiger partial charge in [0.2, 0.25) is 0 Å². The summed E-state index contributed by atoms with van der Waals surface area (Å²) in [6.45, 7) is 0. The number of hydrogen-bond acceptors (Lipinski definition) is 2. The quantitative estimate of drug-likeness (QED) is 0.432. The normalized spacial score (nSPS) is 9.00. The fraction of sp³-hybridized carbons (Fsp3) is 0. The van der Waals surface area contributed by atoms with E-state index in [0.29, 0.717) is 5.56 Å². The van der Waals surface area contributed by atoms with Gasteiger partial charge in [-0.15, -0.1) is 0 Å². The summed E-state index contributed by atoms with van der Waals surface area (Å²) < 4.78 is 0.